The Morgan fingerprint density at radius 3 is 2.58 bits per heavy atom. The van der Waals surface area contributed by atoms with Crippen molar-refractivity contribution in [3.63, 3.8) is 0 Å². The van der Waals surface area contributed by atoms with E-state index in [9.17, 15) is 24.6 Å². The highest BCUT2D eigenvalue weighted by Gasteiger charge is 2.60. The number of carbonyl (C=O) groups excluding carboxylic acids is 2. The quantitative estimate of drug-likeness (QED) is 0.559. The number of amides is 2. The van der Waals surface area contributed by atoms with Gasteiger partial charge in [0.1, 0.15) is 5.70 Å². The third kappa shape index (κ3) is 2.91. The van der Waals surface area contributed by atoms with Crippen LogP contribution < -0.4 is 5.32 Å². The molecule has 5 unspecified atom stereocenters. The molecule has 0 aromatic rings. The van der Waals surface area contributed by atoms with Crippen LogP contribution in [-0.2, 0) is 14.4 Å². The predicted molar refractivity (Wildman–Crippen MR) is 96.1 cm³/mol. The van der Waals surface area contributed by atoms with Crippen LogP contribution in [0.1, 0.15) is 20.3 Å². The van der Waals surface area contributed by atoms with Crippen molar-refractivity contribution in [2.24, 2.45) is 11.8 Å². The van der Waals surface area contributed by atoms with Gasteiger partial charge >= 0.3 is 5.97 Å². The van der Waals surface area contributed by atoms with Crippen molar-refractivity contribution in [1.82, 2.24) is 15.1 Å². The van der Waals surface area contributed by atoms with Gasteiger partial charge in [0.15, 0.2) is 0 Å². The van der Waals surface area contributed by atoms with E-state index in [1.165, 1.54) is 16.7 Å². The molecule has 0 bridgehead atoms. The minimum atomic E-state index is -1.12. The molecule has 2 fully saturated rings. The van der Waals surface area contributed by atoms with Gasteiger partial charge in [-0.2, -0.15) is 0 Å². The van der Waals surface area contributed by atoms with E-state index >= 15 is 0 Å². The van der Waals surface area contributed by atoms with Crippen molar-refractivity contribution in [2.45, 2.75) is 43.7 Å². The third-order valence-corrected chi connectivity index (χ3v) is 6.95. The summed E-state index contributed by atoms with van der Waals surface area (Å²) in [7, 11) is 3.42. The van der Waals surface area contributed by atoms with Gasteiger partial charge in [0.05, 0.1) is 24.1 Å². The van der Waals surface area contributed by atoms with Gasteiger partial charge in [-0.15, -0.1) is 11.8 Å². The number of hydrogen-bond acceptors (Lipinski definition) is 6. The SMILES string of the molecule is CC(O)C1C(=O)N2C(C(=O)O)=C(SC3CN[C@H](C(=O)N(C)C)C3)C(C)C12. The second kappa shape index (κ2) is 6.86. The molecule has 144 valence electrons. The maximum absolute atomic E-state index is 12.3. The number of hydrogen-bond donors (Lipinski definition) is 3. The Kier molecular flexibility index (Phi) is 5.06. The Labute approximate surface area is 156 Å². The van der Waals surface area contributed by atoms with E-state index in [4.69, 9.17) is 0 Å². The van der Waals surface area contributed by atoms with E-state index in [0.29, 0.717) is 17.9 Å². The normalized spacial score (nSPS) is 34.6. The van der Waals surface area contributed by atoms with Crippen LogP contribution in [0.15, 0.2) is 10.6 Å². The van der Waals surface area contributed by atoms with Crippen LogP contribution in [0.5, 0.6) is 0 Å². The summed E-state index contributed by atoms with van der Waals surface area (Å²) in [5.74, 6) is -2.14. The van der Waals surface area contributed by atoms with E-state index in [1.807, 2.05) is 6.92 Å². The number of nitrogens with zero attached hydrogens (tertiary/aromatic N) is 2. The lowest BCUT2D eigenvalue weighted by molar-refractivity contribution is -0.163. The summed E-state index contributed by atoms with van der Waals surface area (Å²) in [6.45, 7) is 4.08. The van der Waals surface area contributed by atoms with E-state index < -0.39 is 18.0 Å². The standard InChI is InChI=1S/C17H25N3O5S/c1-7-12-11(8(2)21)16(23)20(12)13(17(24)25)14(7)26-9-5-10(18-6-9)15(22)19(3)4/h7-12,18,21H,5-6H2,1-4H3,(H,24,25)/t7?,8?,9?,10-,11?,12?/m0/s1. The van der Waals surface area contributed by atoms with Gasteiger partial charge in [-0.3, -0.25) is 9.59 Å². The van der Waals surface area contributed by atoms with E-state index in [1.54, 1.807) is 25.9 Å². The fourth-order valence-electron chi connectivity index (χ4n) is 4.15. The lowest BCUT2D eigenvalue weighted by Gasteiger charge is -2.46. The third-order valence-electron chi connectivity index (χ3n) is 5.43. The first kappa shape index (κ1) is 19.2. The lowest BCUT2D eigenvalue weighted by atomic mass is 9.79. The molecule has 3 aliphatic heterocycles. The summed E-state index contributed by atoms with van der Waals surface area (Å²) in [5.41, 5.74) is 0.0387. The van der Waals surface area contributed by atoms with Gasteiger partial charge < -0.3 is 25.3 Å². The monoisotopic (exact) mass is 383 g/mol. The zero-order valence-corrected chi connectivity index (χ0v) is 16.1. The summed E-state index contributed by atoms with van der Waals surface area (Å²) in [6, 6.07) is -0.568. The molecule has 3 aliphatic rings. The van der Waals surface area contributed by atoms with Crippen molar-refractivity contribution in [3.05, 3.63) is 10.6 Å². The molecule has 6 atom stereocenters. The Bertz CT molecular complexity index is 677. The van der Waals surface area contributed by atoms with Crippen molar-refractivity contribution in [3.8, 4) is 0 Å². The molecule has 3 rings (SSSR count). The number of likely N-dealkylation sites (N-methyl/N-ethyl adjacent to an activating group) is 1. The van der Waals surface area contributed by atoms with Crippen LogP contribution in [0.3, 0.4) is 0 Å². The molecule has 0 spiro atoms. The Balaban J connectivity index is 1.78. The molecule has 0 aromatic carbocycles. The first-order valence-corrected chi connectivity index (χ1v) is 9.62. The van der Waals surface area contributed by atoms with Gasteiger partial charge in [-0.25, -0.2) is 4.79 Å². The molecule has 0 aliphatic carbocycles. The molecule has 3 N–H and O–H groups in total. The summed E-state index contributed by atoms with van der Waals surface area (Å²) in [6.07, 6.45) is -0.190. The molecule has 0 saturated carbocycles. The zero-order valence-electron chi connectivity index (χ0n) is 15.3. The predicted octanol–water partition coefficient (Wildman–Crippen LogP) is -0.308. The first-order valence-electron chi connectivity index (χ1n) is 8.75. The smallest absolute Gasteiger partial charge is 0.353 e. The van der Waals surface area contributed by atoms with Gasteiger partial charge in [0, 0.05) is 36.7 Å². The highest BCUT2D eigenvalue weighted by Crippen LogP contribution is 2.51. The van der Waals surface area contributed by atoms with Gasteiger partial charge in [-0.05, 0) is 13.3 Å². The van der Waals surface area contributed by atoms with E-state index in [0.717, 1.165) is 0 Å². The molecule has 0 aromatic heterocycles. The highest BCUT2D eigenvalue weighted by atomic mass is 32.2. The number of carbonyl (C=O) groups is 3. The number of fused-ring (bicyclic) bond motifs is 1. The van der Waals surface area contributed by atoms with Crippen LogP contribution in [0.25, 0.3) is 0 Å². The molecule has 2 saturated heterocycles. The second-order valence-electron chi connectivity index (χ2n) is 7.44. The number of β-lactam (4-membered cyclic amide) rings is 1. The van der Waals surface area contributed by atoms with Crippen LogP contribution in [0.2, 0.25) is 0 Å². The summed E-state index contributed by atoms with van der Waals surface area (Å²) in [4.78, 5) is 39.8. The van der Waals surface area contributed by atoms with Crippen LogP contribution in [0, 0.1) is 11.8 Å². The van der Waals surface area contributed by atoms with Crippen molar-refractivity contribution in [1.29, 1.82) is 0 Å². The molecule has 3 heterocycles. The van der Waals surface area contributed by atoms with Crippen LogP contribution >= 0.6 is 11.8 Å². The molecule has 9 heteroatoms. The number of carboxylic acids is 1. The maximum atomic E-state index is 12.3. The average Bonchev–Trinajstić information content (AvgIpc) is 3.09. The van der Waals surface area contributed by atoms with E-state index in [-0.39, 0.29) is 40.8 Å². The van der Waals surface area contributed by atoms with Crippen molar-refractivity contribution >= 4 is 29.5 Å². The van der Waals surface area contributed by atoms with E-state index in [2.05, 4.69) is 5.32 Å². The number of thioether (sulfide) groups is 1. The summed E-state index contributed by atoms with van der Waals surface area (Å²) < 4.78 is 0. The Morgan fingerprint density at radius 2 is 2.04 bits per heavy atom. The fourth-order valence-corrected chi connectivity index (χ4v) is 5.63. The molecule has 26 heavy (non-hydrogen) atoms. The average molecular weight is 383 g/mol. The molecule has 8 nitrogen and oxygen atoms in total. The molecule has 0 radical (unpaired) electrons. The minimum Gasteiger partial charge on any atom is -0.477 e. The van der Waals surface area contributed by atoms with Gasteiger partial charge in [0.25, 0.3) is 0 Å². The fraction of sp³-hybridized carbons (Fsp3) is 0.706. The molecule has 2 amide bonds. The number of nitrogens with one attached hydrogen (secondary N) is 1. The number of aliphatic hydroxyl groups is 1. The minimum absolute atomic E-state index is 0.00757. The lowest BCUT2D eigenvalue weighted by Crippen LogP contribution is -2.63. The second-order valence-corrected chi connectivity index (χ2v) is 8.78. The van der Waals surface area contributed by atoms with Crippen LogP contribution in [-0.4, -0.2) is 81.9 Å². The largest absolute Gasteiger partial charge is 0.477 e. The highest BCUT2D eigenvalue weighted by molar-refractivity contribution is 8.03. The maximum Gasteiger partial charge on any atom is 0.353 e. The van der Waals surface area contributed by atoms with Gasteiger partial charge in [-0.1, -0.05) is 6.92 Å². The summed E-state index contributed by atoms with van der Waals surface area (Å²) >= 11 is 1.45. The number of carboxylic acid groups (broad SMARTS) is 1. The summed E-state index contributed by atoms with van der Waals surface area (Å²) in [5, 5.41) is 22.8. The van der Waals surface area contributed by atoms with Crippen LogP contribution in [0.4, 0.5) is 0 Å². The molecular weight excluding hydrogens is 358 g/mol. The number of aliphatic hydroxyl groups excluding tert-OH is 1. The van der Waals surface area contributed by atoms with Crippen molar-refractivity contribution < 1.29 is 24.6 Å². The first-order chi connectivity index (χ1) is 12.1. The topological polar surface area (TPSA) is 110 Å². The van der Waals surface area contributed by atoms with Gasteiger partial charge in [0.2, 0.25) is 11.8 Å². The Morgan fingerprint density at radius 1 is 1.38 bits per heavy atom. The zero-order chi connectivity index (χ0) is 19.3. The number of rotatable bonds is 5. The van der Waals surface area contributed by atoms with Crippen molar-refractivity contribution in [2.75, 3.05) is 20.6 Å². The molecular formula is C17H25N3O5S. The Hall–Kier alpha value is -1.58. The number of aliphatic carboxylic acids is 1.